The number of anilines is 1. The molecule has 9 nitrogen and oxygen atoms in total. The smallest absolute Gasteiger partial charge is 0.278 e. The van der Waals surface area contributed by atoms with Gasteiger partial charge in [-0.2, -0.15) is 0 Å². The highest BCUT2D eigenvalue weighted by molar-refractivity contribution is 6.54. The number of hydrogen-bond acceptors (Lipinski definition) is 7. The molecule has 0 atom stereocenters. The summed E-state index contributed by atoms with van der Waals surface area (Å²) >= 11 is 0. The van der Waals surface area contributed by atoms with Crippen molar-refractivity contribution >= 4 is 23.2 Å². The fourth-order valence-electron chi connectivity index (χ4n) is 4.33. The van der Waals surface area contributed by atoms with Crippen molar-refractivity contribution in [3.8, 4) is 11.1 Å². The van der Waals surface area contributed by atoms with Crippen LogP contribution in [0.25, 0.3) is 11.1 Å². The third-order valence-electron chi connectivity index (χ3n) is 5.95. The number of nitrogens with zero attached hydrogens (tertiary/aromatic N) is 3. The number of aliphatic hydroxyl groups is 2. The van der Waals surface area contributed by atoms with Gasteiger partial charge in [0.1, 0.15) is 0 Å². The van der Waals surface area contributed by atoms with Crippen molar-refractivity contribution in [2.75, 3.05) is 51.8 Å². The Morgan fingerprint density at radius 1 is 1.15 bits per heavy atom. The average Bonchev–Trinajstić information content (AvgIpc) is 3.14. The second-order valence-electron chi connectivity index (χ2n) is 8.15. The van der Waals surface area contributed by atoms with Crippen LogP contribution in [0.15, 0.2) is 41.6 Å². The molecule has 2 aliphatic heterocycles. The first-order valence-electron chi connectivity index (χ1n) is 11.0. The van der Waals surface area contributed by atoms with E-state index in [1.807, 2.05) is 36.4 Å². The molecule has 0 radical (unpaired) electrons. The van der Waals surface area contributed by atoms with Gasteiger partial charge in [-0.25, -0.2) is 0 Å². The number of fused-ring (bicyclic) bond motifs is 3. The van der Waals surface area contributed by atoms with Gasteiger partial charge < -0.3 is 30.2 Å². The molecule has 0 saturated carbocycles. The maximum atomic E-state index is 12.8. The van der Waals surface area contributed by atoms with Gasteiger partial charge >= 0.3 is 0 Å². The lowest BCUT2D eigenvalue weighted by atomic mass is 9.87. The molecule has 2 heterocycles. The summed E-state index contributed by atoms with van der Waals surface area (Å²) in [6.45, 7) is 0.971. The summed E-state index contributed by atoms with van der Waals surface area (Å²) in [5.41, 5.74) is 5.96. The quantitative estimate of drug-likeness (QED) is 0.511. The van der Waals surface area contributed by atoms with Crippen LogP contribution in [-0.2, 0) is 27.4 Å². The summed E-state index contributed by atoms with van der Waals surface area (Å²) in [7, 11) is 2.05. The lowest BCUT2D eigenvalue weighted by Crippen LogP contribution is -2.38. The van der Waals surface area contributed by atoms with Crippen LogP contribution in [0.1, 0.15) is 16.7 Å². The number of hydrogen-bond donors (Lipinski definition) is 3. The molecular weight excluding hydrogens is 424 g/mol. The Hall–Kier alpha value is -3.27. The van der Waals surface area contributed by atoms with Gasteiger partial charge in [0.2, 0.25) is 0 Å². The molecule has 9 heteroatoms. The molecule has 3 N–H and O–H groups in total. The van der Waals surface area contributed by atoms with Crippen molar-refractivity contribution < 1.29 is 24.6 Å². The third-order valence-corrected chi connectivity index (χ3v) is 5.95. The van der Waals surface area contributed by atoms with E-state index in [0.29, 0.717) is 12.1 Å². The number of likely N-dealkylation sites (N-methyl/N-ethyl adjacent to an activating group) is 1. The van der Waals surface area contributed by atoms with Gasteiger partial charge in [0, 0.05) is 31.7 Å². The van der Waals surface area contributed by atoms with Crippen LogP contribution >= 0.6 is 0 Å². The Morgan fingerprint density at radius 2 is 1.88 bits per heavy atom. The molecule has 2 amide bonds. The number of amides is 2. The summed E-state index contributed by atoms with van der Waals surface area (Å²) in [6, 6.07) is 12.0. The van der Waals surface area contributed by atoms with E-state index in [1.54, 1.807) is 0 Å². The maximum Gasteiger partial charge on any atom is 0.278 e. The van der Waals surface area contributed by atoms with E-state index in [1.165, 1.54) is 10.5 Å². The predicted octanol–water partition coefficient (Wildman–Crippen LogP) is 0.827. The van der Waals surface area contributed by atoms with Crippen LogP contribution in [0.3, 0.4) is 0 Å². The van der Waals surface area contributed by atoms with Crippen LogP contribution in [0.5, 0.6) is 0 Å². The first kappa shape index (κ1) is 22.9. The lowest BCUT2D eigenvalue weighted by molar-refractivity contribution is -0.137. The highest BCUT2D eigenvalue weighted by atomic mass is 16.6. The highest BCUT2D eigenvalue weighted by Gasteiger charge is 2.33. The van der Waals surface area contributed by atoms with Crippen molar-refractivity contribution in [1.29, 1.82) is 0 Å². The number of rotatable bonds is 8. The zero-order valence-corrected chi connectivity index (χ0v) is 18.6. The molecule has 174 valence electrons. The second-order valence-corrected chi connectivity index (χ2v) is 8.15. The second kappa shape index (κ2) is 10.1. The maximum absolute atomic E-state index is 12.8. The molecule has 0 fully saturated rings. The summed E-state index contributed by atoms with van der Waals surface area (Å²) in [5, 5.41) is 25.1. The van der Waals surface area contributed by atoms with Crippen molar-refractivity contribution in [3.63, 3.8) is 0 Å². The minimum Gasteiger partial charge on any atom is -0.395 e. The van der Waals surface area contributed by atoms with Crippen molar-refractivity contribution in [2.45, 2.75) is 13.0 Å². The molecule has 0 aromatic heterocycles. The average molecular weight is 453 g/mol. The molecule has 0 saturated heterocycles. The van der Waals surface area contributed by atoms with Gasteiger partial charge in [-0.3, -0.25) is 9.59 Å². The minimum atomic E-state index is -0.432. The SMILES string of the molecule is CN1CCc2c(-c3ccccc3)cc3c(c2C1)NC(=O)C3=NOCC(=O)N(CCO)CCO. The zero-order chi connectivity index (χ0) is 23.4. The van der Waals surface area contributed by atoms with Crippen LogP contribution in [0.4, 0.5) is 5.69 Å². The fraction of sp³-hybridized carbons (Fsp3) is 0.375. The number of aliphatic hydroxyl groups excluding tert-OH is 2. The molecule has 2 aliphatic rings. The Balaban J connectivity index is 1.66. The van der Waals surface area contributed by atoms with Gasteiger partial charge in [-0.1, -0.05) is 35.5 Å². The molecule has 0 spiro atoms. The van der Waals surface area contributed by atoms with E-state index in [-0.39, 0.29) is 37.9 Å². The van der Waals surface area contributed by atoms with Gasteiger partial charge in [0.15, 0.2) is 12.3 Å². The molecule has 2 aromatic carbocycles. The largest absolute Gasteiger partial charge is 0.395 e. The van der Waals surface area contributed by atoms with Crippen LogP contribution in [0, 0.1) is 0 Å². The van der Waals surface area contributed by atoms with Crippen LogP contribution < -0.4 is 5.32 Å². The van der Waals surface area contributed by atoms with E-state index in [2.05, 4.69) is 22.4 Å². The van der Waals surface area contributed by atoms with Crippen molar-refractivity contribution in [2.24, 2.45) is 5.16 Å². The van der Waals surface area contributed by atoms with Crippen molar-refractivity contribution in [3.05, 3.63) is 53.1 Å². The summed E-state index contributed by atoms with van der Waals surface area (Å²) in [5.74, 6) is -0.807. The first-order chi connectivity index (χ1) is 16.0. The van der Waals surface area contributed by atoms with Crippen molar-refractivity contribution in [1.82, 2.24) is 9.80 Å². The normalized spacial score (nSPS) is 16.3. The molecule has 0 bridgehead atoms. The summed E-state index contributed by atoms with van der Waals surface area (Å²) < 4.78 is 0. The fourth-order valence-corrected chi connectivity index (χ4v) is 4.33. The Labute approximate surface area is 192 Å². The van der Waals surface area contributed by atoms with E-state index in [9.17, 15) is 9.59 Å². The Bertz CT molecular complexity index is 1060. The number of carbonyl (C=O) groups is 2. The molecule has 2 aromatic rings. The molecule has 33 heavy (non-hydrogen) atoms. The monoisotopic (exact) mass is 452 g/mol. The lowest BCUT2D eigenvalue weighted by Gasteiger charge is -2.29. The molecule has 4 rings (SSSR count). The van der Waals surface area contributed by atoms with Crippen LogP contribution in [0.2, 0.25) is 0 Å². The number of carbonyl (C=O) groups excluding carboxylic acids is 2. The zero-order valence-electron chi connectivity index (χ0n) is 18.6. The Morgan fingerprint density at radius 3 is 2.58 bits per heavy atom. The number of oxime groups is 1. The highest BCUT2D eigenvalue weighted by Crippen LogP contribution is 2.40. The van der Waals surface area contributed by atoms with Crippen LogP contribution in [-0.4, -0.2) is 84.0 Å². The molecule has 0 aliphatic carbocycles. The standard InChI is InChI=1S/C24H28N4O5/c1-27-8-7-17-18(16-5-3-2-4-6-16)13-19-22(20(17)14-27)25-24(32)23(19)26-33-15-21(31)28(9-11-29)10-12-30/h2-6,13,29-30H,7-12,14-15H2,1H3,(H,25,26,32). The number of nitrogens with one attached hydrogen (secondary N) is 1. The minimum absolute atomic E-state index is 0.0860. The Kier molecular flexibility index (Phi) is 7.02. The third kappa shape index (κ3) is 4.75. The predicted molar refractivity (Wildman–Crippen MR) is 124 cm³/mol. The first-order valence-corrected chi connectivity index (χ1v) is 11.0. The molecule has 0 unspecified atom stereocenters. The van der Waals surface area contributed by atoms with Gasteiger partial charge in [0.05, 0.1) is 18.9 Å². The van der Waals surface area contributed by atoms with Gasteiger partial charge in [0.25, 0.3) is 11.8 Å². The van der Waals surface area contributed by atoms with E-state index < -0.39 is 12.5 Å². The summed E-state index contributed by atoms with van der Waals surface area (Å²) in [6.07, 6.45) is 0.877. The van der Waals surface area contributed by atoms with Gasteiger partial charge in [-0.05, 0) is 41.8 Å². The summed E-state index contributed by atoms with van der Waals surface area (Å²) in [4.78, 5) is 33.8. The number of benzene rings is 2. The molecular formula is C24H28N4O5. The van der Waals surface area contributed by atoms with E-state index in [4.69, 9.17) is 15.1 Å². The van der Waals surface area contributed by atoms with Gasteiger partial charge in [-0.15, -0.1) is 0 Å². The van der Waals surface area contributed by atoms with E-state index in [0.717, 1.165) is 35.3 Å². The topological polar surface area (TPSA) is 115 Å². The van der Waals surface area contributed by atoms with E-state index >= 15 is 0 Å².